The van der Waals surface area contributed by atoms with E-state index in [1.54, 1.807) is 0 Å². The van der Waals surface area contributed by atoms with Crippen LogP contribution in [0.1, 0.15) is 17.8 Å². The van der Waals surface area contributed by atoms with E-state index in [1.165, 1.54) is 5.56 Å². The molecule has 0 saturated heterocycles. The summed E-state index contributed by atoms with van der Waals surface area (Å²) in [5.74, 6) is 0.841. The molecule has 0 aliphatic heterocycles. The summed E-state index contributed by atoms with van der Waals surface area (Å²) in [6.07, 6.45) is 2.25. The van der Waals surface area contributed by atoms with Gasteiger partial charge in [-0.3, -0.25) is 9.48 Å². The Kier molecular flexibility index (Phi) is 4.16. The molecule has 0 aliphatic rings. The van der Waals surface area contributed by atoms with Gasteiger partial charge in [0.05, 0.1) is 35.8 Å². The lowest BCUT2D eigenvalue weighted by atomic mass is 10.1. The van der Waals surface area contributed by atoms with Crippen LogP contribution in [0.25, 0.3) is 21.9 Å². The van der Waals surface area contributed by atoms with Gasteiger partial charge in [0, 0.05) is 18.9 Å². The first-order valence-corrected chi connectivity index (χ1v) is 8.71. The molecule has 2 aromatic heterocycles. The SMILES string of the molecule is Cc1cccc2c1cnn2CCC(=O)NCc1nc2ccccc2n1C. The normalized spacial score (nSPS) is 11.3. The Morgan fingerprint density at radius 2 is 1.92 bits per heavy atom. The Morgan fingerprint density at radius 1 is 1.12 bits per heavy atom. The van der Waals surface area contributed by atoms with Gasteiger partial charge in [0.2, 0.25) is 5.91 Å². The van der Waals surface area contributed by atoms with Crippen molar-refractivity contribution in [2.75, 3.05) is 0 Å². The van der Waals surface area contributed by atoms with Crippen molar-refractivity contribution in [2.45, 2.75) is 26.4 Å². The molecule has 4 rings (SSSR count). The van der Waals surface area contributed by atoms with Gasteiger partial charge >= 0.3 is 0 Å². The number of hydrogen-bond donors (Lipinski definition) is 1. The molecule has 1 amide bonds. The lowest BCUT2D eigenvalue weighted by Crippen LogP contribution is -2.25. The molecular formula is C20H21N5O. The van der Waals surface area contributed by atoms with E-state index in [-0.39, 0.29) is 5.91 Å². The molecule has 4 aromatic rings. The van der Waals surface area contributed by atoms with Gasteiger partial charge in [-0.2, -0.15) is 5.10 Å². The summed E-state index contributed by atoms with van der Waals surface area (Å²) in [4.78, 5) is 16.8. The smallest absolute Gasteiger partial charge is 0.222 e. The average Bonchev–Trinajstić information content (AvgIpc) is 3.21. The van der Waals surface area contributed by atoms with Crippen molar-refractivity contribution < 1.29 is 4.79 Å². The Hall–Kier alpha value is -3.15. The van der Waals surface area contributed by atoms with Gasteiger partial charge in [0.15, 0.2) is 0 Å². The third kappa shape index (κ3) is 2.94. The van der Waals surface area contributed by atoms with Crippen LogP contribution in [0.2, 0.25) is 0 Å². The molecule has 1 N–H and O–H groups in total. The van der Waals surface area contributed by atoms with Gasteiger partial charge < -0.3 is 9.88 Å². The maximum absolute atomic E-state index is 12.3. The highest BCUT2D eigenvalue weighted by molar-refractivity contribution is 5.82. The van der Waals surface area contributed by atoms with Gasteiger partial charge in [-0.25, -0.2) is 4.98 Å². The molecule has 0 radical (unpaired) electrons. The number of amides is 1. The number of nitrogens with one attached hydrogen (secondary N) is 1. The third-order valence-corrected chi connectivity index (χ3v) is 4.78. The second kappa shape index (κ2) is 6.63. The number of aryl methyl sites for hydroxylation is 3. The molecule has 2 heterocycles. The minimum Gasteiger partial charge on any atom is -0.349 e. The second-order valence-corrected chi connectivity index (χ2v) is 6.48. The highest BCUT2D eigenvalue weighted by atomic mass is 16.1. The molecular weight excluding hydrogens is 326 g/mol. The van der Waals surface area contributed by atoms with Crippen LogP contribution in [0.15, 0.2) is 48.7 Å². The molecule has 0 bridgehead atoms. The van der Waals surface area contributed by atoms with E-state index in [0.717, 1.165) is 27.8 Å². The summed E-state index contributed by atoms with van der Waals surface area (Å²) >= 11 is 0. The lowest BCUT2D eigenvalue weighted by molar-refractivity contribution is -0.121. The van der Waals surface area contributed by atoms with Crippen LogP contribution < -0.4 is 5.32 Å². The van der Waals surface area contributed by atoms with Crippen molar-refractivity contribution in [2.24, 2.45) is 7.05 Å². The van der Waals surface area contributed by atoms with Crippen molar-refractivity contribution in [3.8, 4) is 0 Å². The molecule has 2 aromatic carbocycles. The minimum absolute atomic E-state index is 0.00615. The van der Waals surface area contributed by atoms with Gasteiger partial charge in [-0.05, 0) is 30.7 Å². The van der Waals surface area contributed by atoms with Crippen molar-refractivity contribution >= 4 is 27.8 Å². The quantitative estimate of drug-likeness (QED) is 0.604. The number of nitrogens with zero attached hydrogens (tertiary/aromatic N) is 4. The summed E-state index contributed by atoms with van der Waals surface area (Å²) in [7, 11) is 1.97. The van der Waals surface area contributed by atoms with E-state index in [4.69, 9.17) is 0 Å². The van der Waals surface area contributed by atoms with Crippen molar-refractivity contribution in [1.29, 1.82) is 0 Å². The van der Waals surface area contributed by atoms with Crippen LogP contribution in [0.3, 0.4) is 0 Å². The van der Waals surface area contributed by atoms with Gasteiger partial charge in [0.25, 0.3) is 0 Å². The summed E-state index contributed by atoms with van der Waals surface area (Å²) in [5, 5.41) is 8.50. The van der Waals surface area contributed by atoms with Crippen LogP contribution in [0, 0.1) is 6.92 Å². The molecule has 0 unspecified atom stereocenters. The molecule has 0 aliphatic carbocycles. The molecule has 26 heavy (non-hydrogen) atoms. The van der Waals surface area contributed by atoms with Gasteiger partial charge in [-0.1, -0.05) is 24.3 Å². The predicted octanol–water partition coefficient (Wildman–Crippen LogP) is 2.94. The summed E-state index contributed by atoms with van der Waals surface area (Å²) in [6.45, 7) is 3.04. The molecule has 0 fully saturated rings. The highest BCUT2D eigenvalue weighted by Crippen LogP contribution is 2.18. The standard InChI is InChI=1S/C20H21N5O/c1-14-6-5-9-17-15(14)12-22-25(17)11-10-20(26)21-13-19-23-16-7-3-4-8-18(16)24(19)2/h3-9,12H,10-11,13H2,1-2H3,(H,21,26). The third-order valence-electron chi connectivity index (χ3n) is 4.78. The van der Waals surface area contributed by atoms with Crippen molar-refractivity contribution in [3.63, 3.8) is 0 Å². The number of carbonyl (C=O) groups is 1. The van der Waals surface area contributed by atoms with E-state index < -0.39 is 0 Å². The van der Waals surface area contributed by atoms with E-state index in [1.807, 2.05) is 58.9 Å². The number of para-hydroxylation sites is 2. The maximum atomic E-state index is 12.3. The zero-order valence-corrected chi connectivity index (χ0v) is 14.9. The van der Waals surface area contributed by atoms with Crippen LogP contribution in [-0.4, -0.2) is 25.2 Å². The number of rotatable bonds is 5. The fourth-order valence-electron chi connectivity index (χ4n) is 3.25. The maximum Gasteiger partial charge on any atom is 0.222 e. The first-order valence-electron chi connectivity index (χ1n) is 8.71. The first-order chi connectivity index (χ1) is 12.6. The number of aromatic nitrogens is 4. The average molecular weight is 347 g/mol. The Balaban J connectivity index is 1.39. The minimum atomic E-state index is -0.00615. The summed E-state index contributed by atoms with van der Waals surface area (Å²) in [5.41, 5.74) is 4.26. The molecule has 0 saturated carbocycles. The number of hydrogen-bond acceptors (Lipinski definition) is 3. The molecule has 6 nitrogen and oxygen atoms in total. The fourth-order valence-corrected chi connectivity index (χ4v) is 3.25. The number of benzene rings is 2. The Morgan fingerprint density at radius 3 is 2.77 bits per heavy atom. The lowest BCUT2D eigenvalue weighted by Gasteiger charge is -2.07. The zero-order valence-electron chi connectivity index (χ0n) is 14.9. The topological polar surface area (TPSA) is 64.7 Å². The largest absolute Gasteiger partial charge is 0.349 e. The van der Waals surface area contributed by atoms with Crippen LogP contribution >= 0.6 is 0 Å². The second-order valence-electron chi connectivity index (χ2n) is 6.48. The number of fused-ring (bicyclic) bond motifs is 2. The van der Waals surface area contributed by atoms with Crippen molar-refractivity contribution in [1.82, 2.24) is 24.6 Å². The molecule has 6 heteroatoms. The number of carbonyl (C=O) groups excluding carboxylic acids is 1. The van der Waals surface area contributed by atoms with Crippen LogP contribution in [0.4, 0.5) is 0 Å². The van der Waals surface area contributed by atoms with Gasteiger partial charge in [0.1, 0.15) is 5.82 Å². The Bertz CT molecular complexity index is 1090. The highest BCUT2D eigenvalue weighted by Gasteiger charge is 2.10. The molecule has 132 valence electrons. The van der Waals surface area contributed by atoms with Crippen LogP contribution in [0.5, 0.6) is 0 Å². The summed E-state index contributed by atoms with van der Waals surface area (Å²) < 4.78 is 3.90. The predicted molar refractivity (Wildman–Crippen MR) is 102 cm³/mol. The molecule has 0 atom stereocenters. The first kappa shape index (κ1) is 16.3. The fraction of sp³-hybridized carbons (Fsp3) is 0.250. The van der Waals surface area contributed by atoms with Gasteiger partial charge in [-0.15, -0.1) is 0 Å². The van der Waals surface area contributed by atoms with E-state index >= 15 is 0 Å². The Labute approximate surface area is 151 Å². The summed E-state index contributed by atoms with van der Waals surface area (Å²) in [6, 6.07) is 14.1. The molecule has 0 spiro atoms. The zero-order chi connectivity index (χ0) is 18.1. The van der Waals surface area contributed by atoms with E-state index in [0.29, 0.717) is 19.5 Å². The van der Waals surface area contributed by atoms with Crippen molar-refractivity contribution in [3.05, 3.63) is 60.0 Å². The van der Waals surface area contributed by atoms with Crippen LogP contribution in [-0.2, 0) is 24.9 Å². The number of imidazole rings is 1. The monoisotopic (exact) mass is 347 g/mol. The van der Waals surface area contributed by atoms with E-state index in [9.17, 15) is 4.79 Å². The van der Waals surface area contributed by atoms with E-state index in [2.05, 4.69) is 28.4 Å².